The van der Waals surface area contributed by atoms with E-state index in [0.29, 0.717) is 34.8 Å². The Kier molecular flexibility index (Phi) is 14.9. The lowest BCUT2D eigenvalue weighted by Gasteiger charge is -2.40. The highest BCUT2D eigenvalue weighted by molar-refractivity contribution is 6.36. The van der Waals surface area contributed by atoms with E-state index in [1.54, 1.807) is 4.68 Å². The quantitative estimate of drug-likeness (QED) is 0.0843. The van der Waals surface area contributed by atoms with Crippen molar-refractivity contribution in [1.29, 1.82) is 0 Å². The van der Waals surface area contributed by atoms with Crippen molar-refractivity contribution in [3.63, 3.8) is 0 Å². The summed E-state index contributed by atoms with van der Waals surface area (Å²) in [5, 5.41) is 21.2. The third-order valence-electron chi connectivity index (χ3n) is 16.3. The van der Waals surface area contributed by atoms with Crippen LogP contribution in [0.3, 0.4) is 0 Å². The number of likely N-dealkylation sites (tertiary alicyclic amines) is 2. The second kappa shape index (κ2) is 21.4. The maximum absolute atomic E-state index is 16.5. The Morgan fingerprint density at radius 2 is 1.66 bits per heavy atom. The maximum atomic E-state index is 16.5. The molecular weight excluding hydrogens is 994 g/mol. The highest BCUT2D eigenvalue weighted by Gasteiger charge is 2.50. The predicted octanol–water partition coefficient (Wildman–Crippen LogP) is 8.40. The number of piperidine rings is 2. The number of urea groups is 1. The summed E-state index contributed by atoms with van der Waals surface area (Å²) in [5.74, 6) is -2.24. The molecule has 4 fully saturated rings. The number of aromatic nitrogens is 2. The van der Waals surface area contributed by atoms with Gasteiger partial charge in [0.1, 0.15) is 18.2 Å². The standard InChI is InChI=1S/C55H62Cl2F2N8O7/c1-31-44-42(28-40(58)48(57)46(44)45-38(51(60)70)14-15-41(49(45)59)73-27-26-68)74-55(31,35-6-4-3-5-7-35)30-61-36-10-8-34(9-11-36)53(71)66-23-16-32(17-24-66)29-65-21-18-33(19-22-65)37-12-13-39-50(47(37)56)64(2)63-52(39)67-25-20-43(69)62-54(67)72/h3-7,12-15,28,31-34,36,61,68H,8-11,16-27,29-30H2,1-2H3,(H2,60,70)(H,62,69,72)/t31-,34?,36?,55-/m0/s1. The van der Waals surface area contributed by atoms with Crippen LogP contribution in [0.15, 0.2) is 60.7 Å². The van der Waals surface area contributed by atoms with Gasteiger partial charge in [-0.3, -0.25) is 29.3 Å². The zero-order valence-electron chi connectivity index (χ0n) is 41.6. The average molecular weight is 1060 g/mol. The van der Waals surface area contributed by atoms with Gasteiger partial charge in [0.2, 0.25) is 17.7 Å². The van der Waals surface area contributed by atoms with E-state index in [-0.39, 0.29) is 78.1 Å². The Hall–Kier alpha value is -5.85. The monoisotopic (exact) mass is 1050 g/mol. The number of carbonyl (C=O) groups excluding carboxylic acids is 4. The Bertz CT molecular complexity index is 2970. The molecule has 2 atom stereocenters. The van der Waals surface area contributed by atoms with Crippen LogP contribution in [0.4, 0.5) is 19.4 Å². The number of amides is 5. The molecule has 3 saturated heterocycles. The zero-order chi connectivity index (χ0) is 52.0. The van der Waals surface area contributed by atoms with Gasteiger partial charge in [-0.2, -0.15) is 5.10 Å². The van der Waals surface area contributed by atoms with Crippen molar-refractivity contribution in [2.24, 2.45) is 24.6 Å². The van der Waals surface area contributed by atoms with Crippen molar-refractivity contribution in [3.8, 4) is 22.6 Å². The number of hydrogen-bond acceptors (Lipinski definition) is 10. The molecule has 5 heterocycles. The van der Waals surface area contributed by atoms with Crippen LogP contribution in [0.2, 0.25) is 10.0 Å². The number of nitrogens with one attached hydrogen (secondary N) is 2. The first-order chi connectivity index (χ1) is 35.7. The van der Waals surface area contributed by atoms with Crippen molar-refractivity contribution in [2.45, 2.75) is 88.2 Å². The van der Waals surface area contributed by atoms with Gasteiger partial charge in [0.15, 0.2) is 23.0 Å². The minimum atomic E-state index is -1.11. The van der Waals surface area contributed by atoms with Crippen LogP contribution in [-0.2, 0) is 22.2 Å². The maximum Gasteiger partial charge on any atom is 0.329 e. The van der Waals surface area contributed by atoms with Gasteiger partial charge in [-0.15, -0.1) is 0 Å². The molecule has 0 unspecified atom stereocenters. The third kappa shape index (κ3) is 9.70. The number of carbonyl (C=O) groups is 4. The van der Waals surface area contributed by atoms with Gasteiger partial charge in [-0.25, -0.2) is 13.6 Å². The number of nitrogens with two attached hydrogens (primary N) is 1. The van der Waals surface area contributed by atoms with Gasteiger partial charge in [0.25, 0.3) is 0 Å². The number of halogens is 4. The number of aliphatic hydroxyl groups is 1. The third-order valence-corrected chi connectivity index (χ3v) is 17.1. The van der Waals surface area contributed by atoms with Crippen molar-refractivity contribution < 1.29 is 42.5 Å². The van der Waals surface area contributed by atoms with Gasteiger partial charge in [0, 0.05) is 92.2 Å². The number of nitrogens with zero attached hydrogens (tertiary/aromatic N) is 5. The second-order valence-electron chi connectivity index (χ2n) is 20.6. The molecule has 5 amide bonds. The lowest BCUT2D eigenvalue weighted by atomic mass is 9.77. The first-order valence-electron chi connectivity index (χ1n) is 25.8. The van der Waals surface area contributed by atoms with Crippen molar-refractivity contribution >= 4 is 63.7 Å². The Balaban J connectivity index is 0.735. The Morgan fingerprint density at radius 1 is 0.932 bits per heavy atom. The fraction of sp³-hybridized carbons (Fsp3) is 0.473. The highest BCUT2D eigenvalue weighted by Crippen LogP contribution is 2.57. The summed E-state index contributed by atoms with van der Waals surface area (Å²) >= 11 is 13.8. The summed E-state index contributed by atoms with van der Waals surface area (Å²) in [6.45, 7) is 6.31. The van der Waals surface area contributed by atoms with Gasteiger partial charge < -0.3 is 35.4 Å². The molecule has 4 aliphatic heterocycles. The molecule has 5 N–H and O–H groups in total. The number of rotatable bonds is 14. The molecular formula is C55H62Cl2F2N8O7. The molecule has 4 aromatic carbocycles. The van der Waals surface area contributed by atoms with Crippen molar-refractivity contribution in [1.82, 2.24) is 30.2 Å². The molecule has 1 aliphatic carbocycles. The normalized spacial score (nSPS) is 23.0. The number of hydrogen-bond donors (Lipinski definition) is 4. The van der Waals surface area contributed by atoms with Crippen LogP contribution in [0, 0.1) is 23.5 Å². The zero-order valence-corrected chi connectivity index (χ0v) is 43.1. The van der Waals surface area contributed by atoms with Crippen molar-refractivity contribution in [3.05, 3.63) is 105 Å². The number of ether oxygens (including phenoxy) is 2. The summed E-state index contributed by atoms with van der Waals surface area (Å²) in [6.07, 6.45) is 7.13. The summed E-state index contributed by atoms with van der Waals surface area (Å²) in [5.41, 5.74) is 7.17. The fourth-order valence-corrected chi connectivity index (χ4v) is 13.0. The SMILES string of the molecule is C[C@H]1c2c(cc(F)c(Cl)c2-c2c(C(N)=O)ccc(OCCO)c2F)O[C@]1(CNC1CCC(C(=O)N2CCC(CN3CCC(c4ccc5c(N6CCC(=O)NC6=O)nn(C)c5c4Cl)CC3)CC2)CC1)c1ccccc1. The number of aliphatic hydroxyl groups excluding tert-OH is 1. The first-order valence-corrected chi connectivity index (χ1v) is 26.6. The summed E-state index contributed by atoms with van der Waals surface area (Å²) in [4.78, 5) is 57.3. The summed E-state index contributed by atoms with van der Waals surface area (Å²) in [7, 11) is 1.83. The van der Waals surface area contributed by atoms with E-state index < -0.39 is 40.1 Å². The lowest BCUT2D eigenvalue weighted by molar-refractivity contribution is -0.138. The van der Waals surface area contributed by atoms with E-state index in [1.807, 2.05) is 50.4 Å². The molecule has 1 aromatic heterocycles. The average Bonchev–Trinajstić information content (AvgIpc) is 3.89. The number of anilines is 1. The topological polar surface area (TPSA) is 185 Å². The van der Waals surface area contributed by atoms with Crippen LogP contribution in [0.1, 0.15) is 104 Å². The first kappa shape index (κ1) is 51.6. The predicted molar refractivity (Wildman–Crippen MR) is 278 cm³/mol. The number of fused-ring (bicyclic) bond motifs is 2. The van der Waals surface area contributed by atoms with E-state index in [4.69, 9.17) is 38.4 Å². The summed E-state index contributed by atoms with van der Waals surface area (Å²) < 4.78 is 46.4. The van der Waals surface area contributed by atoms with E-state index in [0.717, 1.165) is 106 Å². The molecule has 10 rings (SSSR count). The number of imide groups is 1. The minimum absolute atomic E-state index is 0.0529. The smallest absolute Gasteiger partial charge is 0.329 e. The number of primary amides is 1. The van der Waals surface area contributed by atoms with E-state index >= 15 is 8.78 Å². The van der Waals surface area contributed by atoms with Crippen LogP contribution < -0.4 is 30.7 Å². The van der Waals surface area contributed by atoms with Crippen LogP contribution in [-0.4, -0.2) is 114 Å². The van der Waals surface area contributed by atoms with Gasteiger partial charge in [-0.05, 0) is 106 Å². The van der Waals surface area contributed by atoms with Crippen LogP contribution in [0.5, 0.6) is 11.5 Å². The molecule has 392 valence electrons. The second-order valence-corrected chi connectivity index (χ2v) is 21.4. The lowest BCUT2D eigenvalue weighted by Crippen LogP contribution is -2.49. The number of benzene rings is 4. The molecule has 5 aromatic rings. The summed E-state index contributed by atoms with van der Waals surface area (Å²) in [6, 6.07) is 17.0. The molecule has 0 spiro atoms. The molecule has 5 aliphatic rings. The van der Waals surface area contributed by atoms with Gasteiger partial charge in [-0.1, -0.05) is 66.5 Å². The van der Waals surface area contributed by atoms with Gasteiger partial charge >= 0.3 is 6.03 Å². The molecule has 15 nitrogen and oxygen atoms in total. The largest absolute Gasteiger partial charge is 0.488 e. The van der Waals surface area contributed by atoms with Crippen LogP contribution in [0.25, 0.3) is 22.0 Å². The molecule has 74 heavy (non-hydrogen) atoms. The molecule has 0 radical (unpaired) electrons. The Morgan fingerprint density at radius 3 is 2.35 bits per heavy atom. The van der Waals surface area contributed by atoms with Gasteiger partial charge in [0.05, 0.1) is 27.7 Å². The van der Waals surface area contributed by atoms with Crippen LogP contribution >= 0.6 is 23.2 Å². The Labute approximate surface area is 438 Å². The molecule has 19 heteroatoms. The number of aryl methyl sites for hydroxylation is 1. The van der Waals surface area contributed by atoms with Crippen molar-refractivity contribution in [2.75, 3.05) is 63.9 Å². The van der Waals surface area contributed by atoms with E-state index in [1.165, 1.54) is 23.1 Å². The molecule has 1 saturated carbocycles. The van der Waals surface area contributed by atoms with E-state index in [9.17, 15) is 24.3 Å². The highest BCUT2D eigenvalue weighted by atomic mass is 35.5. The fourth-order valence-electron chi connectivity index (χ4n) is 12.3. The molecule has 0 bridgehead atoms. The van der Waals surface area contributed by atoms with E-state index in [2.05, 4.69) is 31.6 Å². The minimum Gasteiger partial charge on any atom is -0.488 e.